The Morgan fingerprint density at radius 1 is 0.561 bits per heavy atom. The third kappa shape index (κ3) is 42.4. The van der Waals surface area contributed by atoms with E-state index in [1.807, 2.05) is 75.8 Å². The summed E-state index contributed by atoms with van der Waals surface area (Å²) >= 11 is 0. The Bertz CT molecular complexity index is 1290. The van der Waals surface area contributed by atoms with Gasteiger partial charge in [0.05, 0.1) is 27.7 Å². The van der Waals surface area contributed by atoms with Crippen LogP contribution in [0.2, 0.25) is 0 Å². The summed E-state index contributed by atoms with van der Waals surface area (Å²) in [5.41, 5.74) is 0. The average Bonchev–Trinajstić information content (AvgIpc) is 3.16. The first-order chi connectivity index (χ1) is 27.5. The molecule has 0 amide bonds. The second kappa shape index (κ2) is 38.4. The van der Waals surface area contributed by atoms with Crippen LogP contribution in [0.4, 0.5) is 0 Å². The van der Waals surface area contributed by atoms with Crippen LogP contribution in [0.1, 0.15) is 136 Å². The topological polar surface area (TPSA) is 108 Å². The van der Waals surface area contributed by atoms with Crippen molar-refractivity contribution in [3.63, 3.8) is 0 Å². The number of nitrogens with zero attached hydrogens (tertiary/aromatic N) is 1. The van der Waals surface area contributed by atoms with E-state index in [0.717, 1.165) is 57.8 Å². The molecule has 0 radical (unpaired) electrons. The summed E-state index contributed by atoms with van der Waals surface area (Å²) in [6.45, 7) is 4.05. The molecule has 10 heteroatoms. The van der Waals surface area contributed by atoms with Gasteiger partial charge in [-0.3, -0.25) is 18.6 Å². The summed E-state index contributed by atoms with van der Waals surface area (Å²) in [5, 5.41) is 0. The first-order valence-corrected chi connectivity index (χ1v) is 23.0. The largest absolute Gasteiger partial charge is 0.472 e. The number of likely N-dealkylation sites (N-methyl/N-ethyl adjacent to an activating group) is 1. The Morgan fingerprint density at radius 3 is 1.65 bits per heavy atom. The standard InChI is InChI=1S/C47H78NO8P/c1-6-8-10-12-14-16-18-20-21-22-23-24-25-26-28-29-31-33-35-37-39-46(49)53-43-45(44-55-57(51,52)54-42-41-48(3,4)5)56-47(50)40-38-36-34-32-30-27-19-17-15-13-11-9-7-2/h8-11,13-17,19-21,27,30,32,34,45H,6-7,12,18,22-26,28-29,31,33,35-44H2,1-5H3/p+1/b10-8+,11-9+,15-13+,16-14+,19-17+,21-20+,30-27+,34-32+. The molecular formula is C47H79NO8P+. The van der Waals surface area contributed by atoms with Crippen molar-refractivity contribution < 1.29 is 42.1 Å². The van der Waals surface area contributed by atoms with Gasteiger partial charge in [0.15, 0.2) is 6.10 Å². The van der Waals surface area contributed by atoms with Crippen LogP contribution in [0, 0.1) is 0 Å². The SMILES string of the molecule is CC/C=C/C=C/C=C/C=C/C=C/CCCC(=O)OC(COC(=O)CCCCCCCCCCCC/C=C/C/C=C/C/C=C/CC)COP(=O)(O)OCC[N+](C)(C)C. The monoisotopic (exact) mass is 817 g/mol. The second-order valence-electron chi connectivity index (χ2n) is 15.1. The zero-order valence-electron chi connectivity index (χ0n) is 36.3. The molecule has 0 saturated carbocycles. The number of hydrogen-bond acceptors (Lipinski definition) is 7. The van der Waals surface area contributed by atoms with Gasteiger partial charge in [0, 0.05) is 12.8 Å². The van der Waals surface area contributed by atoms with E-state index in [2.05, 4.69) is 56.4 Å². The molecule has 0 rings (SSSR count). The molecule has 0 aromatic heterocycles. The number of allylic oxidation sites excluding steroid dienone is 16. The first-order valence-electron chi connectivity index (χ1n) is 21.5. The fourth-order valence-corrected chi connectivity index (χ4v) is 5.92. The number of esters is 2. The van der Waals surface area contributed by atoms with Crippen molar-refractivity contribution in [1.29, 1.82) is 0 Å². The lowest BCUT2D eigenvalue weighted by Crippen LogP contribution is -2.37. The number of rotatable bonds is 37. The van der Waals surface area contributed by atoms with E-state index >= 15 is 0 Å². The summed E-state index contributed by atoms with van der Waals surface area (Å²) < 4.78 is 34.2. The van der Waals surface area contributed by atoms with E-state index in [1.54, 1.807) is 0 Å². The van der Waals surface area contributed by atoms with Gasteiger partial charge >= 0.3 is 19.8 Å². The zero-order valence-corrected chi connectivity index (χ0v) is 37.2. The number of carbonyl (C=O) groups excluding carboxylic acids is 2. The van der Waals surface area contributed by atoms with E-state index < -0.39 is 32.5 Å². The van der Waals surface area contributed by atoms with Gasteiger partial charge in [-0.2, -0.15) is 0 Å². The van der Waals surface area contributed by atoms with Gasteiger partial charge in [0.25, 0.3) is 0 Å². The second-order valence-corrected chi connectivity index (χ2v) is 16.5. The van der Waals surface area contributed by atoms with Crippen LogP contribution >= 0.6 is 7.82 Å². The van der Waals surface area contributed by atoms with E-state index in [-0.39, 0.29) is 26.1 Å². The molecular weight excluding hydrogens is 737 g/mol. The Kier molecular flexibility index (Phi) is 36.4. The minimum atomic E-state index is -4.40. The molecule has 2 unspecified atom stereocenters. The minimum absolute atomic E-state index is 0.0120. The number of carbonyl (C=O) groups is 2. The van der Waals surface area contributed by atoms with E-state index in [9.17, 15) is 19.0 Å². The molecule has 324 valence electrons. The zero-order chi connectivity index (χ0) is 42.1. The fourth-order valence-electron chi connectivity index (χ4n) is 5.17. The normalized spacial score (nSPS) is 14.6. The summed E-state index contributed by atoms with van der Waals surface area (Å²) in [7, 11) is 1.41. The number of ether oxygens (including phenoxy) is 2. The summed E-state index contributed by atoms with van der Waals surface area (Å²) in [4.78, 5) is 35.3. The average molecular weight is 817 g/mol. The van der Waals surface area contributed by atoms with Crippen LogP contribution in [0.25, 0.3) is 0 Å². The highest BCUT2D eigenvalue weighted by molar-refractivity contribution is 7.47. The maximum absolute atomic E-state index is 12.6. The van der Waals surface area contributed by atoms with Gasteiger partial charge in [0.1, 0.15) is 19.8 Å². The molecule has 0 aliphatic rings. The molecule has 57 heavy (non-hydrogen) atoms. The number of quaternary nitrogens is 1. The van der Waals surface area contributed by atoms with Gasteiger partial charge in [-0.25, -0.2) is 4.57 Å². The predicted octanol–water partition coefficient (Wildman–Crippen LogP) is 12.2. The quantitative estimate of drug-likeness (QED) is 0.0165. The molecule has 0 spiro atoms. The Morgan fingerprint density at radius 2 is 1.05 bits per heavy atom. The molecule has 0 heterocycles. The molecule has 0 saturated heterocycles. The molecule has 0 bridgehead atoms. The Balaban J connectivity index is 4.42. The van der Waals surface area contributed by atoms with Crippen molar-refractivity contribution in [3.05, 3.63) is 97.2 Å². The van der Waals surface area contributed by atoms with Crippen LogP contribution in [0.5, 0.6) is 0 Å². The van der Waals surface area contributed by atoms with Gasteiger partial charge in [-0.05, 0) is 57.8 Å². The number of unbranched alkanes of at least 4 members (excludes halogenated alkanes) is 11. The van der Waals surface area contributed by atoms with Crippen LogP contribution in [0.3, 0.4) is 0 Å². The van der Waals surface area contributed by atoms with E-state index in [0.29, 0.717) is 23.9 Å². The van der Waals surface area contributed by atoms with Gasteiger partial charge in [-0.15, -0.1) is 0 Å². The first kappa shape index (κ1) is 53.9. The smallest absolute Gasteiger partial charge is 0.462 e. The van der Waals surface area contributed by atoms with Crippen LogP contribution in [0.15, 0.2) is 97.2 Å². The Hall–Kier alpha value is -3.07. The number of phosphoric acid groups is 1. The fraction of sp³-hybridized carbons (Fsp3) is 0.617. The minimum Gasteiger partial charge on any atom is -0.462 e. The third-order valence-corrected chi connectivity index (χ3v) is 9.47. The molecule has 0 aromatic carbocycles. The summed E-state index contributed by atoms with van der Waals surface area (Å²) in [6.07, 6.45) is 50.5. The Labute approximate surface area is 347 Å². The highest BCUT2D eigenvalue weighted by atomic mass is 31.2. The lowest BCUT2D eigenvalue weighted by atomic mass is 10.1. The molecule has 0 fully saturated rings. The lowest BCUT2D eigenvalue weighted by Gasteiger charge is -2.24. The van der Waals surface area contributed by atoms with Crippen molar-refractivity contribution in [2.24, 2.45) is 0 Å². The van der Waals surface area contributed by atoms with Crippen molar-refractivity contribution in [2.45, 2.75) is 142 Å². The molecule has 9 nitrogen and oxygen atoms in total. The van der Waals surface area contributed by atoms with Gasteiger partial charge in [-0.1, -0.05) is 162 Å². The van der Waals surface area contributed by atoms with Crippen LogP contribution < -0.4 is 0 Å². The van der Waals surface area contributed by atoms with Gasteiger partial charge < -0.3 is 18.9 Å². The summed E-state index contributed by atoms with van der Waals surface area (Å²) in [5.74, 6) is -0.900. The molecule has 0 aliphatic carbocycles. The maximum Gasteiger partial charge on any atom is 0.472 e. The maximum atomic E-state index is 12.6. The van der Waals surface area contributed by atoms with Crippen LogP contribution in [-0.4, -0.2) is 74.9 Å². The number of hydrogen-bond donors (Lipinski definition) is 1. The molecule has 1 N–H and O–H groups in total. The highest BCUT2D eigenvalue weighted by Crippen LogP contribution is 2.43. The van der Waals surface area contributed by atoms with Crippen molar-refractivity contribution in [2.75, 3.05) is 47.5 Å². The van der Waals surface area contributed by atoms with Crippen molar-refractivity contribution >= 4 is 19.8 Å². The van der Waals surface area contributed by atoms with Crippen LogP contribution in [-0.2, 0) is 32.7 Å². The van der Waals surface area contributed by atoms with E-state index in [4.69, 9.17) is 18.5 Å². The third-order valence-electron chi connectivity index (χ3n) is 8.49. The van der Waals surface area contributed by atoms with E-state index in [1.165, 1.54) is 38.5 Å². The number of phosphoric ester groups is 1. The molecule has 0 aliphatic heterocycles. The predicted molar refractivity (Wildman–Crippen MR) is 238 cm³/mol. The molecule has 2 atom stereocenters. The van der Waals surface area contributed by atoms with Crippen molar-refractivity contribution in [3.8, 4) is 0 Å². The van der Waals surface area contributed by atoms with Crippen molar-refractivity contribution in [1.82, 2.24) is 0 Å². The summed E-state index contributed by atoms with van der Waals surface area (Å²) in [6, 6.07) is 0. The highest BCUT2D eigenvalue weighted by Gasteiger charge is 2.27. The molecule has 0 aromatic rings. The lowest BCUT2D eigenvalue weighted by molar-refractivity contribution is -0.870. The van der Waals surface area contributed by atoms with Gasteiger partial charge in [0.2, 0.25) is 0 Å².